The zero-order valence-electron chi connectivity index (χ0n) is 14.7. The number of carbonyl (C=O) groups excluding carboxylic acids is 1. The van der Waals surface area contributed by atoms with Crippen molar-refractivity contribution < 1.29 is 4.79 Å². The lowest BCUT2D eigenvalue weighted by atomic mass is 10.2. The maximum atomic E-state index is 11.7. The molecule has 3 N–H and O–H groups in total. The highest BCUT2D eigenvalue weighted by Crippen LogP contribution is 2.21. The highest BCUT2D eigenvalue weighted by atomic mass is 16.2. The Morgan fingerprint density at radius 1 is 1.08 bits per heavy atom. The quantitative estimate of drug-likeness (QED) is 0.714. The molecule has 1 aliphatic carbocycles. The van der Waals surface area contributed by atoms with Crippen LogP contribution >= 0.6 is 0 Å². The van der Waals surface area contributed by atoms with Crippen LogP contribution in [0.4, 0.5) is 27.7 Å². The topological polar surface area (TPSA) is 69.3 Å². The lowest BCUT2D eigenvalue weighted by molar-refractivity contribution is 0.251. The maximum absolute atomic E-state index is 11.7. The molecule has 1 saturated carbocycles. The van der Waals surface area contributed by atoms with Gasteiger partial charge < -0.3 is 20.9 Å². The van der Waals surface area contributed by atoms with E-state index >= 15 is 0 Å². The third kappa shape index (κ3) is 4.86. The molecule has 0 saturated heterocycles. The monoisotopic (exact) mass is 339 g/mol. The molecule has 0 atom stereocenters. The molecule has 6 nitrogen and oxygen atoms in total. The molecule has 132 valence electrons. The Labute approximate surface area is 148 Å². The summed E-state index contributed by atoms with van der Waals surface area (Å²) in [6, 6.07) is 12.2. The number of carbonyl (C=O) groups is 1. The third-order valence-electron chi connectivity index (χ3n) is 4.20. The van der Waals surface area contributed by atoms with E-state index in [2.05, 4.69) is 51.8 Å². The van der Waals surface area contributed by atoms with Gasteiger partial charge in [0.15, 0.2) is 0 Å². The van der Waals surface area contributed by atoms with Crippen molar-refractivity contribution in [2.45, 2.75) is 32.7 Å². The first-order chi connectivity index (χ1) is 12.2. The number of amides is 2. The Morgan fingerprint density at radius 3 is 2.32 bits per heavy atom. The molecule has 1 aliphatic rings. The van der Waals surface area contributed by atoms with E-state index in [9.17, 15) is 4.79 Å². The van der Waals surface area contributed by atoms with E-state index in [4.69, 9.17) is 0 Å². The van der Waals surface area contributed by atoms with Gasteiger partial charge >= 0.3 is 6.03 Å². The molecule has 0 unspecified atom stereocenters. The van der Waals surface area contributed by atoms with Gasteiger partial charge in [-0.1, -0.05) is 0 Å². The number of hydrogen-bond donors (Lipinski definition) is 3. The minimum Gasteiger partial charge on any atom is -0.372 e. The molecule has 3 rings (SSSR count). The van der Waals surface area contributed by atoms with E-state index in [1.165, 1.54) is 5.69 Å². The van der Waals surface area contributed by atoms with Crippen LogP contribution < -0.4 is 20.9 Å². The predicted molar refractivity (Wildman–Crippen MR) is 103 cm³/mol. The van der Waals surface area contributed by atoms with Crippen molar-refractivity contribution >= 4 is 28.9 Å². The largest absolute Gasteiger partial charge is 0.372 e. The van der Waals surface area contributed by atoms with Crippen molar-refractivity contribution in [1.82, 2.24) is 10.3 Å². The van der Waals surface area contributed by atoms with E-state index in [1.807, 2.05) is 24.3 Å². The Morgan fingerprint density at radius 2 is 1.76 bits per heavy atom. The number of urea groups is 1. The lowest BCUT2D eigenvalue weighted by Gasteiger charge is -2.21. The zero-order valence-corrected chi connectivity index (χ0v) is 14.7. The summed E-state index contributed by atoms with van der Waals surface area (Å²) in [6.45, 7) is 6.29. The number of nitrogens with one attached hydrogen (secondary N) is 3. The first kappa shape index (κ1) is 17.1. The van der Waals surface area contributed by atoms with E-state index in [0.29, 0.717) is 11.7 Å². The molecule has 0 aliphatic heterocycles. The molecule has 0 spiro atoms. The van der Waals surface area contributed by atoms with Crippen molar-refractivity contribution in [2.24, 2.45) is 0 Å². The second-order valence-electron chi connectivity index (χ2n) is 6.15. The van der Waals surface area contributed by atoms with Gasteiger partial charge in [-0.3, -0.25) is 0 Å². The van der Waals surface area contributed by atoms with Gasteiger partial charge in [-0.2, -0.15) is 0 Å². The molecule has 2 aromatic rings. The number of rotatable bonds is 7. The van der Waals surface area contributed by atoms with E-state index in [0.717, 1.165) is 37.4 Å². The fraction of sp³-hybridized carbons (Fsp3) is 0.368. The number of nitrogens with zero attached hydrogens (tertiary/aromatic N) is 2. The number of pyridine rings is 1. The minimum atomic E-state index is -0.169. The summed E-state index contributed by atoms with van der Waals surface area (Å²) in [5, 5.41) is 8.95. The molecular weight excluding hydrogens is 314 g/mol. The zero-order chi connectivity index (χ0) is 17.6. The van der Waals surface area contributed by atoms with E-state index in [1.54, 1.807) is 6.20 Å². The van der Waals surface area contributed by atoms with Crippen LogP contribution in [0.25, 0.3) is 0 Å². The first-order valence-electron chi connectivity index (χ1n) is 8.83. The van der Waals surface area contributed by atoms with Crippen LogP contribution in [0.5, 0.6) is 0 Å². The summed E-state index contributed by atoms with van der Waals surface area (Å²) in [6.07, 6.45) is 3.79. The molecule has 1 aromatic heterocycles. The van der Waals surface area contributed by atoms with Gasteiger partial charge in [0.05, 0.1) is 11.9 Å². The van der Waals surface area contributed by atoms with Gasteiger partial charge in [-0.05, 0) is 63.1 Å². The van der Waals surface area contributed by atoms with Gasteiger partial charge in [0.25, 0.3) is 0 Å². The van der Waals surface area contributed by atoms with Crippen molar-refractivity contribution in [1.29, 1.82) is 0 Å². The summed E-state index contributed by atoms with van der Waals surface area (Å²) >= 11 is 0. The Balaban J connectivity index is 1.56. The van der Waals surface area contributed by atoms with Gasteiger partial charge in [0.1, 0.15) is 5.82 Å². The summed E-state index contributed by atoms with van der Waals surface area (Å²) in [5.74, 6) is 0.740. The molecular formula is C19H25N5O. The SMILES string of the molecule is CCN(CC)c1ccc(Nc2ccc(NC(=O)NC3CC3)cn2)cc1. The van der Waals surface area contributed by atoms with Crippen molar-refractivity contribution in [3.63, 3.8) is 0 Å². The molecule has 0 bridgehead atoms. The Kier molecular flexibility index (Phi) is 5.38. The number of anilines is 4. The van der Waals surface area contributed by atoms with E-state index in [-0.39, 0.29) is 6.03 Å². The molecule has 1 aromatic carbocycles. The fourth-order valence-corrected chi connectivity index (χ4v) is 2.61. The van der Waals surface area contributed by atoms with Crippen molar-refractivity contribution in [3.05, 3.63) is 42.6 Å². The summed E-state index contributed by atoms with van der Waals surface area (Å²) in [5.41, 5.74) is 2.88. The average Bonchev–Trinajstić information content (AvgIpc) is 3.43. The summed E-state index contributed by atoms with van der Waals surface area (Å²) in [4.78, 5) is 18.4. The lowest BCUT2D eigenvalue weighted by Crippen LogP contribution is -2.30. The van der Waals surface area contributed by atoms with Crippen LogP contribution in [0.15, 0.2) is 42.6 Å². The molecule has 1 heterocycles. The Hall–Kier alpha value is -2.76. The fourth-order valence-electron chi connectivity index (χ4n) is 2.61. The molecule has 1 fully saturated rings. The van der Waals surface area contributed by atoms with Crippen LogP contribution in [-0.2, 0) is 0 Å². The van der Waals surface area contributed by atoms with Crippen LogP contribution in [0, 0.1) is 0 Å². The molecule has 6 heteroatoms. The first-order valence-corrected chi connectivity index (χ1v) is 8.83. The minimum absolute atomic E-state index is 0.169. The number of benzene rings is 1. The van der Waals surface area contributed by atoms with Crippen molar-refractivity contribution in [2.75, 3.05) is 28.6 Å². The third-order valence-corrected chi connectivity index (χ3v) is 4.20. The number of aromatic nitrogens is 1. The van der Waals surface area contributed by atoms with Gasteiger partial charge in [-0.25, -0.2) is 9.78 Å². The maximum Gasteiger partial charge on any atom is 0.319 e. The van der Waals surface area contributed by atoms with Gasteiger partial charge in [0.2, 0.25) is 0 Å². The second kappa shape index (κ2) is 7.88. The Bertz CT molecular complexity index is 691. The highest BCUT2D eigenvalue weighted by molar-refractivity contribution is 5.89. The molecule has 0 radical (unpaired) electrons. The normalized spacial score (nSPS) is 13.2. The van der Waals surface area contributed by atoms with Gasteiger partial charge in [-0.15, -0.1) is 0 Å². The second-order valence-corrected chi connectivity index (χ2v) is 6.15. The van der Waals surface area contributed by atoms with Crippen molar-refractivity contribution in [3.8, 4) is 0 Å². The molecule has 25 heavy (non-hydrogen) atoms. The van der Waals surface area contributed by atoms with Crippen LogP contribution in [-0.4, -0.2) is 30.1 Å². The standard InChI is InChI=1S/C19H25N5O/c1-3-24(4-2)17-10-7-14(8-11-17)21-18-12-9-16(13-20-18)23-19(25)22-15-5-6-15/h7-13,15H,3-6H2,1-2H3,(H,20,21)(H2,22,23,25). The molecule has 2 amide bonds. The highest BCUT2D eigenvalue weighted by Gasteiger charge is 2.23. The van der Waals surface area contributed by atoms with Gasteiger partial charge in [0, 0.05) is 30.5 Å². The summed E-state index contributed by atoms with van der Waals surface area (Å²) < 4.78 is 0. The van der Waals surface area contributed by atoms with E-state index < -0.39 is 0 Å². The number of hydrogen-bond acceptors (Lipinski definition) is 4. The van der Waals surface area contributed by atoms with Crippen LogP contribution in [0.2, 0.25) is 0 Å². The summed E-state index contributed by atoms with van der Waals surface area (Å²) in [7, 11) is 0. The van der Waals surface area contributed by atoms with Crippen LogP contribution in [0.3, 0.4) is 0 Å². The smallest absolute Gasteiger partial charge is 0.319 e. The van der Waals surface area contributed by atoms with Crippen LogP contribution in [0.1, 0.15) is 26.7 Å². The predicted octanol–water partition coefficient (Wildman–Crippen LogP) is 3.96. The average molecular weight is 339 g/mol.